The molecule has 0 bridgehead atoms. The Balaban J connectivity index is 2.61. The Bertz CT molecular complexity index is 237. The van der Waals surface area contributed by atoms with E-state index in [4.69, 9.17) is 9.79 Å². The van der Waals surface area contributed by atoms with Crippen molar-refractivity contribution in [3.63, 3.8) is 0 Å². The second kappa shape index (κ2) is 3.31. The van der Waals surface area contributed by atoms with E-state index in [1.165, 1.54) is 0 Å². The lowest BCUT2D eigenvalue weighted by molar-refractivity contribution is -0.259. The van der Waals surface area contributed by atoms with Crippen molar-refractivity contribution in [2.24, 2.45) is 0 Å². The quantitative estimate of drug-likeness (QED) is 0.653. The molecule has 1 atom stereocenters. The monoisotopic (exact) mass is 210 g/mol. The van der Waals surface area contributed by atoms with E-state index in [1.54, 1.807) is 13.8 Å². The fraction of sp³-hybridized carbons (Fsp3) is 1.00. The summed E-state index contributed by atoms with van der Waals surface area (Å²) < 4.78 is 14.8. The Morgan fingerprint density at radius 3 is 2.38 bits per heavy atom. The van der Waals surface area contributed by atoms with Crippen molar-refractivity contribution in [2.75, 3.05) is 0 Å². The molecule has 0 spiro atoms. The third-order valence-corrected chi connectivity index (χ3v) is 2.64. The molecule has 0 aromatic carbocycles. The third kappa shape index (κ3) is 2.74. The van der Waals surface area contributed by atoms with E-state index in [9.17, 15) is 9.77 Å². The second-order valence-electron chi connectivity index (χ2n) is 3.73. The van der Waals surface area contributed by atoms with Crippen LogP contribution in [0, 0.1) is 0 Å². The van der Waals surface area contributed by atoms with Gasteiger partial charge in [-0.1, -0.05) is 0 Å². The van der Waals surface area contributed by atoms with Gasteiger partial charge >= 0.3 is 7.82 Å². The highest BCUT2D eigenvalue weighted by Crippen LogP contribution is 2.43. The summed E-state index contributed by atoms with van der Waals surface area (Å²) in [6, 6.07) is 0. The molecule has 13 heavy (non-hydrogen) atoms. The number of rotatable bonds is 2. The molecule has 1 heterocycles. The van der Waals surface area contributed by atoms with Crippen LogP contribution in [-0.2, 0) is 14.3 Å². The minimum Gasteiger partial charge on any atom is -0.303 e. The van der Waals surface area contributed by atoms with Crippen LogP contribution in [-0.4, -0.2) is 26.6 Å². The number of phosphoric acid groups is 1. The van der Waals surface area contributed by atoms with Crippen molar-refractivity contribution < 1.29 is 24.1 Å². The Morgan fingerprint density at radius 1 is 1.54 bits per heavy atom. The fourth-order valence-corrected chi connectivity index (χ4v) is 1.86. The van der Waals surface area contributed by atoms with Crippen LogP contribution in [0.15, 0.2) is 0 Å². The zero-order valence-corrected chi connectivity index (χ0v) is 8.40. The highest BCUT2D eigenvalue weighted by molar-refractivity contribution is 7.46. The number of nitrogens with zero attached hydrogens (tertiary/aromatic N) is 1. The van der Waals surface area contributed by atoms with Gasteiger partial charge in [0.1, 0.15) is 6.23 Å². The van der Waals surface area contributed by atoms with Crippen LogP contribution in [0.25, 0.3) is 0 Å². The fourth-order valence-electron chi connectivity index (χ4n) is 1.35. The molecule has 0 aromatic rings. The summed E-state index contributed by atoms with van der Waals surface area (Å²) in [7, 11) is -4.55. The largest absolute Gasteiger partial charge is 0.471 e. The van der Waals surface area contributed by atoms with E-state index in [2.05, 4.69) is 4.52 Å². The van der Waals surface area contributed by atoms with Gasteiger partial charge < -0.3 is 9.79 Å². The Hall–Kier alpha value is 0.0300. The van der Waals surface area contributed by atoms with E-state index in [1.807, 2.05) is 0 Å². The van der Waals surface area contributed by atoms with Crippen molar-refractivity contribution in [1.29, 1.82) is 0 Å². The van der Waals surface area contributed by atoms with Crippen molar-refractivity contribution >= 4 is 7.82 Å². The highest BCUT2D eigenvalue weighted by atomic mass is 31.2. The molecule has 0 aliphatic carbocycles. The molecule has 1 radical (unpaired) electrons. The lowest BCUT2D eigenvalue weighted by Gasteiger charge is -2.26. The zero-order chi connectivity index (χ0) is 10.3. The van der Waals surface area contributed by atoms with Crippen LogP contribution < -0.4 is 0 Å². The molecule has 2 N–H and O–H groups in total. The SMILES string of the molecule is CC1(C)CCC(OP(=O)(O)O)N1[O]. The normalized spacial score (nSPS) is 29.5. The maximum atomic E-state index is 11.4. The van der Waals surface area contributed by atoms with E-state index >= 15 is 0 Å². The van der Waals surface area contributed by atoms with Gasteiger partial charge in [-0.2, -0.15) is 0 Å². The molecule has 1 rings (SSSR count). The van der Waals surface area contributed by atoms with E-state index in [0.29, 0.717) is 17.9 Å². The van der Waals surface area contributed by atoms with E-state index in [-0.39, 0.29) is 0 Å². The lowest BCUT2D eigenvalue weighted by atomic mass is 10.0. The summed E-state index contributed by atoms with van der Waals surface area (Å²) in [5.41, 5.74) is -0.597. The van der Waals surface area contributed by atoms with E-state index < -0.39 is 19.6 Å². The van der Waals surface area contributed by atoms with Crippen LogP contribution in [0.1, 0.15) is 26.7 Å². The molecule has 77 valence electrons. The van der Waals surface area contributed by atoms with Crippen LogP contribution >= 0.6 is 7.82 Å². The Labute approximate surface area is 76.3 Å². The summed E-state index contributed by atoms with van der Waals surface area (Å²) in [5, 5.41) is 12.0. The minimum absolute atomic E-state index is 0.349. The lowest BCUT2D eigenvalue weighted by Crippen LogP contribution is -2.39. The number of hydrogen-bond donors (Lipinski definition) is 2. The van der Waals surface area contributed by atoms with Gasteiger partial charge in [0, 0.05) is 5.54 Å². The summed E-state index contributed by atoms with van der Waals surface area (Å²) in [6.07, 6.45) is -0.0983. The van der Waals surface area contributed by atoms with Gasteiger partial charge in [-0.25, -0.2) is 4.57 Å². The third-order valence-electron chi connectivity index (χ3n) is 2.12. The van der Waals surface area contributed by atoms with E-state index in [0.717, 1.165) is 0 Å². The van der Waals surface area contributed by atoms with Crippen LogP contribution in [0.4, 0.5) is 0 Å². The topological polar surface area (TPSA) is 89.9 Å². The first-order valence-corrected chi connectivity index (χ1v) is 5.46. The number of phosphoric ester groups is 1. The van der Waals surface area contributed by atoms with Gasteiger partial charge in [0.25, 0.3) is 0 Å². The van der Waals surface area contributed by atoms with Gasteiger partial charge in [-0.15, -0.1) is 10.3 Å². The maximum absolute atomic E-state index is 11.4. The number of hydroxylamine groups is 2. The predicted molar refractivity (Wildman–Crippen MR) is 42.8 cm³/mol. The van der Waals surface area contributed by atoms with Crippen molar-refractivity contribution in [3.05, 3.63) is 0 Å². The van der Waals surface area contributed by atoms with Crippen molar-refractivity contribution in [2.45, 2.75) is 38.5 Å². The molecular formula is C6H13NO5P. The van der Waals surface area contributed by atoms with Gasteiger partial charge in [-0.3, -0.25) is 4.52 Å². The minimum atomic E-state index is -4.55. The molecule has 1 unspecified atom stereocenters. The predicted octanol–water partition coefficient (Wildman–Crippen LogP) is 0.642. The second-order valence-corrected chi connectivity index (χ2v) is 4.92. The average Bonchev–Trinajstić information content (AvgIpc) is 2.13. The maximum Gasteiger partial charge on any atom is 0.471 e. The van der Waals surface area contributed by atoms with Crippen LogP contribution in [0.5, 0.6) is 0 Å². The first-order chi connectivity index (χ1) is 5.72. The molecule has 1 saturated heterocycles. The molecule has 1 fully saturated rings. The van der Waals surface area contributed by atoms with Gasteiger partial charge in [-0.05, 0) is 26.7 Å². The smallest absolute Gasteiger partial charge is 0.303 e. The zero-order valence-electron chi connectivity index (χ0n) is 7.51. The summed E-state index contributed by atoms with van der Waals surface area (Å²) in [6.45, 7) is 3.42. The highest BCUT2D eigenvalue weighted by Gasteiger charge is 2.43. The summed E-state index contributed by atoms with van der Waals surface area (Å²) >= 11 is 0. The van der Waals surface area contributed by atoms with Gasteiger partial charge in [0.15, 0.2) is 0 Å². The first kappa shape index (κ1) is 11.1. The first-order valence-electron chi connectivity index (χ1n) is 3.93. The molecule has 1 aliphatic heterocycles. The van der Waals surface area contributed by atoms with Crippen LogP contribution in [0.3, 0.4) is 0 Å². The van der Waals surface area contributed by atoms with Crippen LogP contribution in [0.2, 0.25) is 0 Å². The molecule has 1 aliphatic rings. The van der Waals surface area contributed by atoms with Gasteiger partial charge in [0.05, 0.1) is 0 Å². The standard InChI is InChI=1S/C6H13NO5P/c1-6(2)4-3-5(7(6)8)12-13(9,10)11/h5H,3-4H2,1-2H3,(H2,9,10,11). The molecule has 6 nitrogen and oxygen atoms in total. The average molecular weight is 210 g/mol. The summed E-state index contributed by atoms with van der Waals surface area (Å²) in [4.78, 5) is 17.0. The summed E-state index contributed by atoms with van der Waals surface area (Å²) in [5.74, 6) is 0. The molecule has 0 amide bonds. The van der Waals surface area contributed by atoms with Crippen molar-refractivity contribution in [3.8, 4) is 0 Å². The molecule has 7 heteroatoms. The van der Waals surface area contributed by atoms with Gasteiger partial charge in [0.2, 0.25) is 0 Å². The Morgan fingerprint density at radius 2 is 2.08 bits per heavy atom. The molecular weight excluding hydrogens is 197 g/mol. The molecule has 0 aromatic heterocycles. The Kier molecular flexibility index (Phi) is 2.83. The number of hydrogen-bond acceptors (Lipinski definition) is 3. The van der Waals surface area contributed by atoms with Crippen molar-refractivity contribution in [1.82, 2.24) is 5.06 Å². The molecule has 0 saturated carbocycles.